The number of hydrogen-bond acceptors (Lipinski definition) is 3. The van der Waals surface area contributed by atoms with Gasteiger partial charge in [-0.2, -0.15) is 0 Å². The molecular formula is C12H16N4. The molecule has 0 bridgehead atoms. The number of hydrogen-bond donors (Lipinski definition) is 1. The monoisotopic (exact) mass is 216 g/mol. The van der Waals surface area contributed by atoms with Gasteiger partial charge in [0.05, 0.1) is 11.7 Å². The Balaban J connectivity index is 1.99. The van der Waals surface area contributed by atoms with Crippen molar-refractivity contribution < 1.29 is 0 Å². The molecule has 0 spiro atoms. The fourth-order valence-electron chi connectivity index (χ4n) is 2.36. The minimum absolute atomic E-state index is 0.282. The summed E-state index contributed by atoms with van der Waals surface area (Å²) in [6.45, 7) is 1.97. The van der Waals surface area contributed by atoms with Crippen LogP contribution in [0.3, 0.4) is 0 Å². The molecular weight excluding hydrogens is 200 g/mol. The number of aromatic nitrogens is 2. The van der Waals surface area contributed by atoms with E-state index in [0.29, 0.717) is 0 Å². The average molecular weight is 216 g/mol. The lowest BCUT2D eigenvalue weighted by atomic mass is 10.1. The first kappa shape index (κ1) is 9.66. The van der Waals surface area contributed by atoms with Crippen molar-refractivity contribution in [1.82, 2.24) is 9.38 Å². The van der Waals surface area contributed by atoms with Crippen LogP contribution >= 0.6 is 0 Å². The van der Waals surface area contributed by atoms with E-state index in [2.05, 4.69) is 26.5 Å². The third-order valence-electron chi connectivity index (χ3n) is 3.16. The van der Waals surface area contributed by atoms with E-state index in [-0.39, 0.29) is 6.04 Å². The second kappa shape index (κ2) is 3.79. The number of anilines is 1. The molecule has 1 unspecified atom stereocenters. The number of nitrogens with two attached hydrogens (primary N) is 1. The highest BCUT2D eigenvalue weighted by molar-refractivity contribution is 5.53. The van der Waals surface area contributed by atoms with Gasteiger partial charge in [-0.3, -0.25) is 4.40 Å². The van der Waals surface area contributed by atoms with Crippen LogP contribution in [0.25, 0.3) is 5.52 Å². The molecule has 16 heavy (non-hydrogen) atoms. The van der Waals surface area contributed by atoms with Gasteiger partial charge in [-0.05, 0) is 25.0 Å². The largest absolute Gasteiger partial charge is 0.340 e. The highest BCUT2D eigenvalue weighted by Crippen LogP contribution is 2.19. The van der Waals surface area contributed by atoms with E-state index in [1.165, 1.54) is 0 Å². The molecule has 0 saturated carbocycles. The highest BCUT2D eigenvalue weighted by Gasteiger charge is 2.19. The maximum atomic E-state index is 6.00. The molecule has 4 nitrogen and oxygen atoms in total. The lowest BCUT2D eigenvalue weighted by Gasteiger charge is -2.31. The Morgan fingerprint density at radius 2 is 2.31 bits per heavy atom. The maximum absolute atomic E-state index is 6.00. The van der Waals surface area contributed by atoms with Crippen molar-refractivity contribution in [3.63, 3.8) is 0 Å². The Labute approximate surface area is 94.7 Å². The van der Waals surface area contributed by atoms with Crippen LogP contribution in [-0.2, 0) is 0 Å². The maximum Gasteiger partial charge on any atom is 0.210 e. The average Bonchev–Trinajstić information content (AvgIpc) is 2.72. The first-order valence-electron chi connectivity index (χ1n) is 5.77. The van der Waals surface area contributed by atoms with Gasteiger partial charge in [0.1, 0.15) is 0 Å². The Morgan fingerprint density at radius 3 is 3.19 bits per heavy atom. The minimum Gasteiger partial charge on any atom is -0.340 e. The van der Waals surface area contributed by atoms with Crippen LogP contribution in [0.5, 0.6) is 0 Å². The second-order valence-electron chi connectivity index (χ2n) is 4.40. The first-order chi connectivity index (χ1) is 7.84. The lowest BCUT2D eigenvalue weighted by Crippen LogP contribution is -2.43. The van der Waals surface area contributed by atoms with Crippen molar-refractivity contribution in [2.45, 2.75) is 18.9 Å². The quantitative estimate of drug-likeness (QED) is 0.780. The van der Waals surface area contributed by atoms with Gasteiger partial charge >= 0.3 is 0 Å². The molecule has 1 saturated heterocycles. The summed E-state index contributed by atoms with van der Waals surface area (Å²) in [5.74, 6) is 1.02. The van der Waals surface area contributed by atoms with Gasteiger partial charge < -0.3 is 10.6 Å². The summed E-state index contributed by atoms with van der Waals surface area (Å²) < 4.78 is 2.12. The van der Waals surface area contributed by atoms with Crippen LogP contribution < -0.4 is 10.6 Å². The Kier molecular flexibility index (Phi) is 2.29. The van der Waals surface area contributed by atoms with Crippen molar-refractivity contribution in [3.8, 4) is 0 Å². The first-order valence-corrected chi connectivity index (χ1v) is 5.77. The van der Waals surface area contributed by atoms with Gasteiger partial charge in [-0.25, -0.2) is 4.98 Å². The van der Waals surface area contributed by atoms with Gasteiger partial charge in [0.2, 0.25) is 5.95 Å². The molecule has 0 aliphatic carbocycles. The summed E-state index contributed by atoms with van der Waals surface area (Å²) in [6.07, 6.45) is 6.25. The normalized spacial score (nSPS) is 21.6. The van der Waals surface area contributed by atoms with E-state index in [4.69, 9.17) is 5.73 Å². The molecule has 1 aliphatic rings. The molecule has 0 aromatic carbocycles. The lowest BCUT2D eigenvalue weighted by molar-refractivity contribution is 0.499. The van der Waals surface area contributed by atoms with Crippen LogP contribution in [0, 0.1) is 0 Å². The van der Waals surface area contributed by atoms with Crippen LogP contribution in [-0.4, -0.2) is 28.5 Å². The van der Waals surface area contributed by atoms with Crippen LogP contribution in [0.4, 0.5) is 5.95 Å². The van der Waals surface area contributed by atoms with Crippen molar-refractivity contribution in [1.29, 1.82) is 0 Å². The Hall–Kier alpha value is -1.55. The molecule has 3 heterocycles. The van der Waals surface area contributed by atoms with Crippen LogP contribution in [0.15, 0.2) is 30.6 Å². The predicted molar refractivity (Wildman–Crippen MR) is 64.6 cm³/mol. The topological polar surface area (TPSA) is 46.6 Å². The van der Waals surface area contributed by atoms with Gasteiger partial charge in [0.15, 0.2) is 0 Å². The molecule has 0 amide bonds. The minimum atomic E-state index is 0.282. The zero-order valence-corrected chi connectivity index (χ0v) is 9.21. The van der Waals surface area contributed by atoms with Crippen molar-refractivity contribution in [2.24, 2.45) is 5.73 Å². The fourth-order valence-corrected chi connectivity index (χ4v) is 2.36. The van der Waals surface area contributed by atoms with E-state index in [1.807, 2.05) is 18.3 Å². The van der Waals surface area contributed by atoms with Crippen molar-refractivity contribution in [3.05, 3.63) is 30.6 Å². The van der Waals surface area contributed by atoms with E-state index in [9.17, 15) is 0 Å². The zero-order chi connectivity index (χ0) is 11.0. The molecule has 1 atom stereocenters. The molecule has 2 aromatic heterocycles. The number of rotatable bonds is 1. The summed E-state index contributed by atoms with van der Waals surface area (Å²) in [5.41, 5.74) is 7.13. The number of piperidine rings is 1. The fraction of sp³-hybridized carbons (Fsp3) is 0.417. The van der Waals surface area contributed by atoms with Gasteiger partial charge in [-0.15, -0.1) is 0 Å². The zero-order valence-electron chi connectivity index (χ0n) is 9.21. The summed E-state index contributed by atoms with van der Waals surface area (Å²) in [4.78, 5) is 6.77. The summed E-state index contributed by atoms with van der Waals surface area (Å²) in [5, 5.41) is 0. The smallest absolute Gasteiger partial charge is 0.210 e. The Bertz CT molecular complexity index is 490. The molecule has 0 radical (unpaired) electrons. The predicted octanol–water partition coefficient (Wildman–Crippen LogP) is 1.26. The number of pyridine rings is 1. The summed E-state index contributed by atoms with van der Waals surface area (Å²) >= 11 is 0. The SMILES string of the molecule is NC1CCCN(c2ncc3ccccn23)C1. The molecule has 3 rings (SSSR count). The number of imidazole rings is 1. The van der Waals surface area contributed by atoms with Crippen molar-refractivity contribution >= 4 is 11.5 Å². The molecule has 4 heteroatoms. The summed E-state index contributed by atoms with van der Waals surface area (Å²) in [7, 11) is 0. The van der Waals surface area contributed by atoms with Crippen LogP contribution in [0.2, 0.25) is 0 Å². The molecule has 2 N–H and O–H groups in total. The van der Waals surface area contributed by atoms with E-state index in [0.717, 1.165) is 37.4 Å². The Morgan fingerprint density at radius 1 is 1.38 bits per heavy atom. The number of fused-ring (bicyclic) bond motifs is 1. The molecule has 1 aliphatic heterocycles. The highest BCUT2D eigenvalue weighted by atomic mass is 15.3. The molecule has 84 valence electrons. The van der Waals surface area contributed by atoms with E-state index < -0.39 is 0 Å². The summed E-state index contributed by atoms with van der Waals surface area (Å²) in [6, 6.07) is 6.41. The van der Waals surface area contributed by atoms with Gasteiger partial charge in [0.25, 0.3) is 0 Å². The van der Waals surface area contributed by atoms with Crippen LogP contribution in [0.1, 0.15) is 12.8 Å². The van der Waals surface area contributed by atoms with E-state index >= 15 is 0 Å². The standard InChI is InChI=1S/C12H16N4/c13-10-4-3-6-15(9-10)12-14-8-11-5-1-2-7-16(11)12/h1-2,5,7-8,10H,3-4,6,9,13H2. The second-order valence-corrected chi connectivity index (χ2v) is 4.40. The molecule has 2 aromatic rings. The third-order valence-corrected chi connectivity index (χ3v) is 3.16. The van der Waals surface area contributed by atoms with Gasteiger partial charge in [-0.1, -0.05) is 6.07 Å². The van der Waals surface area contributed by atoms with E-state index in [1.54, 1.807) is 0 Å². The van der Waals surface area contributed by atoms with Gasteiger partial charge in [0, 0.05) is 25.3 Å². The third kappa shape index (κ3) is 1.55. The number of nitrogens with zero attached hydrogens (tertiary/aromatic N) is 3. The van der Waals surface area contributed by atoms with Crippen molar-refractivity contribution in [2.75, 3.05) is 18.0 Å². The molecule has 1 fully saturated rings.